The molecule has 84 valence electrons. The average molecular weight is 201 g/mol. The summed E-state index contributed by atoms with van der Waals surface area (Å²) in [5.74, 6) is 0. The minimum atomic E-state index is -0.318. The molecule has 0 atom stereocenters. The Kier molecular flexibility index (Phi) is 6.54. The lowest BCUT2D eigenvalue weighted by molar-refractivity contribution is -0.138. The molecule has 0 aromatic rings. The number of rotatable bonds is 1. The van der Waals surface area contributed by atoms with Gasteiger partial charge in [0.05, 0.1) is 0 Å². The molecule has 3 heteroatoms. The van der Waals surface area contributed by atoms with Crippen LogP contribution < -0.4 is 0 Å². The van der Waals surface area contributed by atoms with Crippen molar-refractivity contribution in [1.29, 1.82) is 0 Å². The first-order valence-electron chi connectivity index (χ1n) is 5.26. The third-order valence-electron chi connectivity index (χ3n) is 1.98. The highest BCUT2D eigenvalue weighted by molar-refractivity contribution is 5.37. The van der Waals surface area contributed by atoms with Gasteiger partial charge in [0.1, 0.15) is 5.60 Å². The van der Waals surface area contributed by atoms with Gasteiger partial charge >= 0.3 is 0 Å². The molecule has 14 heavy (non-hydrogen) atoms. The Labute approximate surface area is 87.4 Å². The second-order valence-corrected chi connectivity index (χ2v) is 4.69. The summed E-state index contributed by atoms with van der Waals surface area (Å²) in [6.07, 6.45) is 4.28. The maximum absolute atomic E-state index is 9.60. The minimum absolute atomic E-state index is 0.318. The third kappa shape index (κ3) is 9.52. The van der Waals surface area contributed by atoms with E-state index < -0.39 is 0 Å². The van der Waals surface area contributed by atoms with Gasteiger partial charge in [0.2, 0.25) is 0 Å². The van der Waals surface area contributed by atoms with E-state index in [1.54, 1.807) is 0 Å². The first-order chi connectivity index (χ1) is 6.45. The number of piperidine rings is 1. The van der Waals surface area contributed by atoms with Crippen molar-refractivity contribution in [3.63, 3.8) is 0 Å². The fraction of sp³-hybridized carbons (Fsp3) is 0.909. The highest BCUT2D eigenvalue weighted by Gasteiger charge is 2.07. The Morgan fingerprint density at radius 1 is 1.14 bits per heavy atom. The van der Waals surface area contributed by atoms with E-state index in [1.807, 2.05) is 20.8 Å². The Morgan fingerprint density at radius 2 is 1.64 bits per heavy atom. The molecule has 0 aromatic heterocycles. The largest absolute Gasteiger partial charge is 0.462 e. The third-order valence-corrected chi connectivity index (χ3v) is 1.98. The van der Waals surface area contributed by atoms with Gasteiger partial charge in [-0.3, -0.25) is 4.79 Å². The van der Waals surface area contributed by atoms with Crippen LogP contribution in [0.1, 0.15) is 40.0 Å². The van der Waals surface area contributed by atoms with Crippen LogP contribution in [-0.2, 0) is 9.53 Å². The lowest BCUT2D eigenvalue weighted by atomic mass is 10.1. The van der Waals surface area contributed by atoms with Gasteiger partial charge in [0.25, 0.3) is 6.47 Å². The zero-order valence-electron chi connectivity index (χ0n) is 9.88. The average Bonchev–Trinajstić information content (AvgIpc) is 2.04. The van der Waals surface area contributed by atoms with Crippen LogP contribution in [0, 0.1) is 0 Å². The van der Waals surface area contributed by atoms with Crippen LogP contribution in [0.2, 0.25) is 0 Å². The van der Waals surface area contributed by atoms with Crippen molar-refractivity contribution in [3.05, 3.63) is 0 Å². The highest BCUT2D eigenvalue weighted by atomic mass is 16.5. The number of nitrogens with zero attached hydrogens (tertiary/aromatic N) is 1. The number of carbonyl (C=O) groups excluding carboxylic acids is 1. The molecule has 1 rings (SSSR count). The molecule has 1 saturated heterocycles. The van der Waals surface area contributed by atoms with Crippen LogP contribution in [-0.4, -0.2) is 37.1 Å². The molecule has 1 aliphatic rings. The highest BCUT2D eigenvalue weighted by Crippen LogP contribution is 2.04. The molecule has 0 radical (unpaired) electrons. The van der Waals surface area contributed by atoms with Crippen LogP contribution >= 0.6 is 0 Å². The predicted octanol–water partition coefficient (Wildman–Crippen LogP) is 2.06. The summed E-state index contributed by atoms with van der Waals surface area (Å²) < 4.78 is 4.55. The molecular weight excluding hydrogens is 178 g/mol. The topological polar surface area (TPSA) is 29.5 Å². The van der Waals surface area contributed by atoms with Gasteiger partial charge in [-0.1, -0.05) is 6.42 Å². The SMILES string of the molecule is CC(C)(C)OC=O.CN1CCCCC1. The summed E-state index contributed by atoms with van der Waals surface area (Å²) in [5, 5.41) is 0. The van der Waals surface area contributed by atoms with Crippen molar-refractivity contribution in [2.24, 2.45) is 0 Å². The molecule has 0 unspecified atom stereocenters. The fourth-order valence-corrected chi connectivity index (χ4v) is 1.20. The van der Waals surface area contributed by atoms with Gasteiger partial charge in [0.15, 0.2) is 0 Å². The van der Waals surface area contributed by atoms with Crippen LogP contribution in [0.3, 0.4) is 0 Å². The van der Waals surface area contributed by atoms with E-state index in [0.29, 0.717) is 6.47 Å². The van der Waals surface area contributed by atoms with E-state index in [1.165, 1.54) is 32.4 Å². The van der Waals surface area contributed by atoms with Crippen LogP contribution in [0.5, 0.6) is 0 Å². The van der Waals surface area contributed by atoms with E-state index >= 15 is 0 Å². The first kappa shape index (κ1) is 13.4. The zero-order chi connectivity index (χ0) is 11.0. The molecule has 0 saturated carbocycles. The molecule has 0 spiro atoms. The van der Waals surface area contributed by atoms with E-state index in [0.717, 1.165) is 0 Å². The van der Waals surface area contributed by atoms with Gasteiger partial charge in [-0.2, -0.15) is 0 Å². The second-order valence-electron chi connectivity index (χ2n) is 4.69. The summed E-state index contributed by atoms with van der Waals surface area (Å²) in [7, 11) is 2.19. The van der Waals surface area contributed by atoms with Crippen LogP contribution in [0.4, 0.5) is 0 Å². The Bertz CT molecular complexity index is 146. The monoisotopic (exact) mass is 201 g/mol. The number of carbonyl (C=O) groups is 1. The number of hydrogen-bond donors (Lipinski definition) is 0. The molecule has 3 nitrogen and oxygen atoms in total. The van der Waals surface area contributed by atoms with E-state index in [9.17, 15) is 4.79 Å². The van der Waals surface area contributed by atoms with Crippen molar-refractivity contribution in [2.75, 3.05) is 20.1 Å². The van der Waals surface area contributed by atoms with E-state index in [-0.39, 0.29) is 5.60 Å². The summed E-state index contributed by atoms with van der Waals surface area (Å²) >= 11 is 0. The lowest BCUT2D eigenvalue weighted by Crippen LogP contribution is -2.24. The lowest BCUT2D eigenvalue weighted by Gasteiger charge is -2.20. The molecular formula is C11H23NO2. The zero-order valence-corrected chi connectivity index (χ0v) is 9.88. The summed E-state index contributed by atoms with van der Waals surface area (Å²) in [6.45, 7) is 8.56. The Balaban J connectivity index is 0.000000241. The number of likely N-dealkylation sites (tertiary alicyclic amines) is 1. The summed E-state index contributed by atoms with van der Waals surface area (Å²) in [5.41, 5.74) is -0.318. The quantitative estimate of drug-likeness (QED) is 0.608. The van der Waals surface area contributed by atoms with Gasteiger partial charge in [-0.15, -0.1) is 0 Å². The van der Waals surface area contributed by atoms with Crippen molar-refractivity contribution < 1.29 is 9.53 Å². The molecule has 0 aliphatic carbocycles. The first-order valence-corrected chi connectivity index (χ1v) is 5.26. The van der Waals surface area contributed by atoms with Crippen molar-refractivity contribution in [3.8, 4) is 0 Å². The van der Waals surface area contributed by atoms with Crippen LogP contribution in [0.15, 0.2) is 0 Å². The molecule has 0 aromatic carbocycles. The van der Waals surface area contributed by atoms with Crippen molar-refractivity contribution in [2.45, 2.75) is 45.6 Å². The van der Waals surface area contributed by atoms with Crippen LogP contribution in [0.25, 0.3) is 0 Å². The molecule has 1 aliphatic heterocycles. The maximum atomic E-state index is 9.60. The Morgan fingerprint density at radius 3 is 1.79 bits per heavy atom. The fourth-order valence-electron chi connectivity index (χ4n) is 1.20. The van der Waals surface area contributed by atoms with E-state index in [2.05, 4.69) is 16.7 Å². The normalized spacial score (nSPS) is 18.0. The van der Waals surface area contributed by atoms with Gasteiger partial charge in [0, 0.05) is 0 Å². The van der Waals surface area contributed by atoms with Gasteiger partial charge < -0.3 is 9.64 Å². The standard InChI is InChI=1S/C6H13N.C5H10O2/c1-7-5-3-2-4-6-7;1-5(2,3)7-4-6/h2-6H2,1H3;4H,1-3H3. The maximum Gasteiger partial charge on any atom is 0.293 e. The molecule has 0 bridgehead atoms. The smallest absolute Gasteiger partial charge is 0.293 e. The van der Waals surface area contributed by atoms with E-state index in [4.69, 9.17) is 0 Å². The summed E-state index contributed by atoms with van der Waals surface area (Å²) in [6, 6.07) is 0. The van der Waals surface area contributed by atoms with Gasteiger partial charge in [-0.05, 0) is 53.8 Å². The number of hydrogen-bond acceptors (Lipinski definition) is 3. The second kappa shape index (κ2) is 6.82. The van der Waals surface area contributed by atoms with Gasteiger partial charge in [-0.25, -0.2) is 0 Å². The number of ether oxygens (including phenoxy) is 1. The Hall–Kier alpha value is -0.570. The molecule has 0 N–H and O–H groups in total. The molecule has 1 heterocycles. The summed E-state index contributed by atoms with van der Waals surface area (Å²) in [4.78, 5) is 12.0. The van der Waals surface area contributed by atoms with Crippen molar-refractivity contribution >= 4 is 6.47 Å². The van der Waals surface area contributed by atoms with Crippen molar-refractivity contribution in [1.82, 2.24) is 4.90 Å². The molecule has 1 fully saturated rings. The minimum Gasteiger partial charge on any atom is -0.462 e. The molecule has 0 amide bonds. The predicted molar refractivity (Wildman–Crippen MR) is 58.3 cm³/mol.